The van der Waals surface area contributed by atoms with Gasteiger partial charge in [-0.3, -0.25) is 0 Å². The van der Waals surface area contributed by atoms with Crippen molar-refractivity contribution in [3.63, 3.8) is 0 Å². The Morgan fingerprint density at radius 2 is 1.55 bits per heavy atom. The van der Waals surface area contributed by atoms with Crippen LogP contribution >= 0.6 is 0 Å². The van der Waals surface area contributed by atoms with E-state index in [0.717, 1.165) is 25.7 Å². The summed E-state index contributed by atoms with van der Waals surface area (Å²) in [6.45, 7) is 1.56. The minimum absolute atomic E-state index is 0.110. The lowest BCUT2D eigenvalue weighted by atomic mass is 10.2. The number of rotatable bonds is 14. The van der Waals surface area contributed by atoms with Crippen molar-refractivity contribution in [2.24, 2.45) is 11.0 Å². The molecule has 0 aliphatic rings. The highest BCUT2D eigenvalue weighted by atomic mass is 28.4. The Morgan fingerprint density at radius 1 is 1.00 bits per heavy atom. The average molecular weight is 337 g/mol. The third kappa shape index (κ3) is 7.89. The maximum absolute atomic E-state index is 11.5. The molecule has 2 N–H and O–H groups in total. The lowest BCUT2D eigenvalue weighted by Crippen LogP contribution is -2.43. The van der Waals surface area contributed by atoms with Crippen LogP contribution in [0.25, 0.3) is 0 Å². The zero-order chi connectivity index (χ0) is 16.8. The second-order valence-corrected chi connectivity index (χ2v) is 7.98. The third-order valence-corrected chi connectivity index (χ3v) is 6.35. The van der Waals surface area contributed by atoms with Gasteiger partial charge < -0.3 is 29.4 Å². The van der Waals surface area contributed by atoms with E-state index in [2.05, 4.69) is 5.28 Å². The van der Waals surface area contributed by atoms with E-state index in [4.69, 9.17) is 19.0 Å². The lowest BCUT2D eigenvalue weighted by Gasteiger charge is -2.25. The van der Waals surface area contributed by atoms with Crippen LogP contribution in [0.3, 0.4) is 0 Å². The number of nitrogens with two attached hydrogens (primary N) is 1. The molecule has 0 rings (SSSR count). The molecule has 0 saturated carbocycles. The Morgan fingerprint density at radius 3 is 2.05 bits per heavy atom. The van der Waals surface area contributed by atoms with Crippen LogP contribution in [0.1, 0.15) is 32.1 Å². The summed E-state index contributed by atoms with van der Waals surface area (Å²) in [7, 11) is 1.98. The number of unbranched alkanes of at least 4 members (excludes halogenated alkanes) is 3. The van der Waals surface area contributed by atoms with Crippen molar-refractivity contribution in [2.75, 3.05) is 41.0 Å². The van der Waals surface area contributed by atoms with E-state index in [1.54, 1.807) is 21.3 Å². The van der Waals surface area contributed by atoms with Gasteiger partial charge in [0.15, 0.2) is 0 Å². The van der Waals surface area contributed by atoms with Gasteiger partial charge in [-0.25, -0.2) is 0 Å². The number of hydrazine groups is 1. The monoisotopic (exact) mass is 337 g/mol. The maximum atomic E-state index is 11.5. The Balaban J connectivity index is 4.25. The molecule has 0 aliphatic heterocycles. The topological polar surface area (TPSA) is 118 Å². The molecule has 0 spiro atoms. The van der Waals surface area contributed by atoms with E-state index >= 15 is 0 Å². The van der Waals surface area contributed by atoms with Crippen LogP contribution in [0, 0.1) is 10.4 Å². The van der Waals surface area contributed by atoms with Crippen molar-refractivity contribution in [1.82, 2.24) is 5.01 Å². The molecule has 22 heavy (non-hydrogen) atoms. The summed E-state index contributed by atoms with van der Waals surface area (Å²) in [5.41, 5.74) is 5.43. The molecular formula is C12H29N4O5Si-. The van der Waals surface area contributed by atoms with Crippen molar-refractivity contribution in [3.8, 4) is 0 Å². The SMILES string of the molecule is CO[Si](CCCN(CCCCCCN)/[N+]([O-])=N/[O-])(OC)OC. The summed E-state index contributed by atoms with van der Waals surface area (Å²) >= 11 is 0. The largest absolute Gasteiger partial charge is 0.737 e. The zero-order valence-electron chi connectivity index (χ0n) is 13.8. The summed E-state index contributed by atoms with van der Waals surface area (Å²) in [5.74, 6) is 0. The molecule has 0 amide bonds. The average Bonchev–Trinajstić information content (AvgIpc) is 2.56. The quantitative estimate of drug-likeness (QED) is 0.167. The molecule has 0 fully saturated rings. The Kier molecular flexibility index (Phi) is 12.0. The highest BCUT2D eigenvalue weighted by molar-refractivity contribution is 6.60. The summed E-state index contributed by atoms with van der Waals surface area (Å²) in [4.78, 5) is 0.110. The van der Waals surface area contributed by atoms with E-state index in [0.29, 0.717) is 32.1 Å². The fourth-order valence-corrected chi connectivity index (χ4v) is 3.86. The van der Waals surface area contributed by atoms with Gasteiger partial charge in [-0.2, -0.15) is 0 Å². The molecule has 9 nitrogen and oxygen atoms in total. The second-order valence-electron chi connectivity index (χ2n) is 4.89. The first-order valence-electron chi connectivity index (χ1n) is 7.50. The van der Waals surface area contributed by atoms with Crippen molar-refractivity contribution in [3.05, 3.63) is 10.4 Å². The molecule has 0 aromatic rings. The molecule has 0 aromatic carbocycles. The fraction of sp³-hybridized carbons (Fsp3) is 1.00. The molecule has 0 heterocycles. The molecule has 0 radical (unpaired) electrons. The minimum Gasteiger partial charge on any atom is -0.737 e. The van der Waals surface area contributed by atoms with Crippen molar-refractivity contribution in [1.29, 1.82) is 0 Å². The molecule has 0 saturated heterocycles. The van der Waals surface area contributed by atoms with Gasteiger partial charge in [0.05, 0.1) is 13.1 Å². The van der Waals surface area contributed by atoms with Crippen LogP contribution in [-0.4, -0.2) is 59.7 Å². The van der Waals surface area contributed by atoms with Crippen LogP contribution in [0.4, 0.5) is 0 Å². The first kappa shape index (κ1) is 21.1. The summed E-state index contributed by atoms with van der Waals surface area (Å²) in [5, 5.41) is 25.7. The number of hydrogen-bond donors (Lipinski definition) is 1. The Labute approximate surface area is 133 Å². The van der Waals surface area contributed by atoms with Crippen molar-refractivity contribution in [2.45, 2.75) is 38.1 Å². The van der Waals surface area contributed by atoms with Crippen molar-refractivity contribution < 1.29 is 18.2 Å². The van der Waals surface area contributed by atoms with Gasteiger partial charge in [0, 0.05) is 32.3 Å². The maximum Gasteiger partial charge on any atom is 0.500 e. The first-order chi connectivity index (χ1) is 10.6. The van der Waals surface area contributed by atoms with Crippen LogP contribution in [0.2, 0.25) is 6.04 Å². The standard InChI is InChI=1S/C12H30N4O5Si/c1-19-22(20-2,21-3)12-8-11-15(16(18)14-17)10-7-5-4-6-9-13/h17H,4-13H2,1-3H3/p-1/b16-14-. The predicted octanol–water partition coefficient (Wildman–Crippen LogP) is 1.45. The molecule has 10 heteroatoms. The lowest BCUT2D eigenvalue weighted by molar-refractivity contribution is -0.690. The molecule has 132 valence electrons. The van der Waals surface area contributed by atoms with Gasteiger partial charge in [0.2, 0.25) is 0 Å². The third-order valence-electron chi connectivity index (χ3n) is 3.51. The van der Waals surface area contributed by atoms with E-state index < -0.39 is 8.80 Å². The van der Waals surface area contributed by atoms with Crippen LogP contribution in [-0.2, 0) is 13.3 Å². The highest BCUT2D eigenvalue weighted by Gasteiger charge is 2.37. The molecule has 0 unspecified atom stereocenters. The molecule has 0 bridgehead atoms. The van der Waals surface area contributed by atoms with Gasteiger partial charge in [-0.15, -0.1) is 5.01 Å². The van der Waals surface area contributed by atoms with E-state index in [1.165, 1.54) is 5.01 Å². The van der Waals surface area contributed by atoms with Crippen molar-refractivity contribution >= 4 is 8.80 Å². The number of nitrogens with zero attached hydrogens (tertiary/aromatic N) is 3. The Bertz CT molecular complexity index is 297. The van der Waals surface area contributed by atoms with Gasteiger partial charge in [0.25, 0.3) is 0 Å². The first-order valence-corrected chi connectivity index (χ1v) is 9.43. The van der Waals surface area contributed by atoms with Gasteiger partial charge in [-0.05, 0) is 31.1 Å². The minimum atomic E-state index is -2.65. The summed E-state index contributed by atoms with van der Waals surface area (Å²) < 4.78 is 16.0. The van der Waals surface area contributed by atoms with E-state index in [9.17, 15) is 10.4 Å². The molecular weight excluding hydrogens is 308 g/mol. The predicted molar refractivity (Wildman–Crippen MR) is 84.7 cm³/mol. The van der Waals surface area contributed by atoms with Gasteiger partial charge in [0.1, 0.15) is 0 Å². The van der Waals surface area contributed by atoms with Gasteiger partial charge >= 0.3 is 8.80 Å². The molecule has 0 aliphatic carbocycles. The Hall–Kier alpha value is -0.943. The normalized spacial score (nSPS) is 12.6. The van der Waals surface area contributed by atoms with E-state index in [1.807, 2.05) is 0 Å². The summed E-state index contributed by atoms with van der Waals surface area (Å²) in [6.07, 6.45) is 4.38. The van der Waals surface area contributed by atoms with Crippen LogP contribution in [0.15, 0.2) is 5.28 Å². The van der Waals surface area contributed by atoms with Gasteiger partial charge in [-0.1, -0.05) is 12.8 Å². The molecule has 0 atom stereocenters. The second kappa shape index (κ2) is 12.6. The van der Waals surface area contributed by atoms with Crippen LogP contribution < -0.4 is 5.73 Å². The van der Waals surface area contributed by atoms with Crippen LogP contribution in [0.5, 0.6) is 0 Å². The zero-order valence-corrected chi connectivity index (χ0v) is 14.8. The number of hydrogen-bond acceptors (Lipinski definition) is 7. The fourth-order valence-electron chi connectivity index (χ4n) is 2.16. The summed E-state index contributed by atoms with van der Waals surface area (Å²) in [6, 6.07) is 0.562. The smallest absolute Gasteiger partial charge is 0.500 e. The van der Waals surface area contributed by atoms with E-state index in [-0.39, 0.29) is 4.97 Å². The highest BCUT2D eigenvalue weighted by Crippen LogP contribution is 2.15. The molecule has 0 aromatic heterocycles.